The van der Waals surface area contributed by atoms with Gasteiger partial charge in [0.25, 0.3) is 0 Å². The molecule has 98 valence electrons. The van der Waals surface area contributed by atoms with E-state index < -0.39 is 17.5 Å². The van der Waals surface area contributed by atoms with E-state index in [-0.39, 0.29) is 13.2 Å². The first kappa shape index (κ1) is 13.3. The molecule has 0 bridgehead atoms. The normalized spacial score (nSPS) is 25.9. The zero-order valence-corrected chi connectivity index (χ0v) is 10.8. The molecule has 1 aliphatic rings. The minimum Gasteiger partial charge on any atom is -0.464 e. The van der Waals surface area contributed by atoms with Crippen LogP contribution in [0.1, 0.15) is 18.6 Å². The van der Waals surface area contributed by atoms with Crippen molar-refractivity contribution in [3.05, 3.63) is 48.0 Å². The lowest BCUT2D eigenvalue weighted by atomic mass is 9.76. The smallest absolute Gasteiger partial charge is 0.333 e. The fraction of sp³-hybridized carbons (Fsp3) is 0.333. The van der Waals surface area contributed by atoms with E-state index in [9.17, 15) is 10.1 Å². The summed E-state index contributed by atoms with van der Waals surface area (Å²) in [6.07, 6.45) is -0.662. The first-order chi connectivity index (χ1) is 9.16. The zero-order valence-electron chi connectivity index (χ0n) is 10.8. The standard InChI is InChI=1S/C15H15NO3/c1-3-18-14(17)15(10-16)11(2)9-19-13(15)12-7-5-4-6-8-12/h4-8,13H,2-3,9H2,1H3/t13-,15+/m1/s1. The lowest BCUT2D eigenvalue weighted by molar-refractivity contribution is -0.153. The summed E-state index contributed by atoms with van der Waals surface area (Å²) in [7, 11) is 0. The molecule has 1 saturated heterocycles. The van der Waals surface area contributed by atoms with E-state index in [0.717, 1.165) is 5.56 Å². The van der Waals surface area contributed by atoms with Gasteiger partial charge in [-0.3, -0.25) is 0 Å². The highest BCUT2D eigenvalue weighted by molar-refractivity contribution is 5.85. The second kappa shape index (κ2) is 5.25. The van der Waals surface area contributed by atoms with E-state index in [1.165, 1.54) is 0 Å². The van der Waals surface area contributed by atoms with Crippen LogP contribution in [0.2, 0.25) is 0 Å². The first-order valence-electron chi connectivity index (χ1n) is 6.10. The van der Waals surface area contributed by atoms with Gasteiger partial charge in [0.15, 0.2) is 0 Å². The predicted octanol–water partition coefficient (Wildman–Crippen LogP) is 2.39. The Morgan fingerprint density at radius 3 is 2.84 bits per heavy atom. The van der Waals surface area contributed by atoms with Gasteiger partial charge in [0.1, 0.15) is 6.10 Å². The predicted molar refractivity (Wildman–Crippen MR) is 69.0 cm³/mol. The van der Waals surface area contributed by atoms with Gasteiger partial charge in [0.2, 0.25) is 5.41 Å². The van der Waals surface area contributed by atoms with Crippen LogP contribution in [0.4, 0.5) is 0 Å². The van der Waals surface area contributed by atoms with Gasteiger partial charge in [-0.1, -0.05) is 36.9 Å². The molecule has 1 aliphatic heterocycles. The SMILES string of the molecule is C=C1CO[C@H](c2ccccc2)[C@@]1(C#N)C(=O)OCC. The Morgan fingerprint density at radius 2 is 2.26 bits per heavy atom. The molecule has 0 unspecified atom stereocenters. The summed E-state index contributed by atoms with van der Waals surface area (Å²) >= 11 is 0. The average molecular weight is 257 g/mol. The summed E-state index contributed by atoms with van der Waals surface area (Å²) in [6, 6.07) is 11.3. The second-order valence-electron chi connectivity index (χ2n) is 4.35. The van der Waals surface area contributed by atoms with Crippen molar-refractivity contribution in [2.45, 2.75) is 13.0 Å². The van der Waals surface area contributed by atoms with Crippen LogP contribution in [0.25, 0.3) is 0 Å². The maximum absolute atomic E-state index is 12.2. The number of hydrogen-bond acceptors (Lipinski definition) is 4. The lowest BCUT2D eigenvalue weighted by Crippen LogP contribution is -2.35. The van der Waals surface area contributed by atoms with Crippen molar-refractivity contribution in [3.8, 4) is 6.07 Å². The molecular formula is C15H15NO3. The van der Waals surface area contributed by atoms with Crippen molar-refractivity contribution in [1.29, 1.82) is 5.26 Å². The highest BCUT2D eigenvalue weighted by Crippen LogP contribution is 2.48. The fourth-order valence-corrected chi connectivity index (χ4v) is 2.26. The molecule has 2 rings (SSSR count). The molecule has 0 aliphatic carbocycles. The van der Waals surface area contributed by atoms with Gasteiger partial charge >= 0.3 is 5.97 Å². The van der Waals surface area contributed by atoms with Gasteiger partial charge in [-0.15, -0.1) is 0 Å². The number of ether oxygens (including phenoxy) is 2. The Balaban J connectivity index is 2.46. The number of nitrogens with zero attached hydrogens (tertiary/aromatic N) is 1. The van der Waals surface area contributed by atoms with Crippen molar-refractivity contribution in [3.63, 3.8) is 0 Å². The van der Waals surface area contributed by atoms with E-state index in [0.29, 0.717) is 5.57 Å². The van der Waals surface area contributed by atoms with Crippen LogP contribution >= 0.6 is 0 Å². The fourth-order valence-electron chi connectivity index (χ4n) is 2.26. The average Bonchev–Trinajstić information content (AvgIpc) is 2.78. The molecule has 0 N–H and O–H groups in total. The largest absolute Gasteiger partial charge is 0.464 e. The third-order valence-corrected chi connectivity index (χ3v) is 3.25. The Morgan fingerprint density at radius 1 is 1.58 bits per heavy atom. The van der Waals surface area contributed by atoms with Gasteiger partial charge in [0, 0.05) is 0 Å². The summed E-state index contributed by atoms with van der Waals surface area (Å²) in [6.45, 7) is 5.92. The number of carbonyl (C=O) groups excluding carboxylic acids is 1. The highest BCUT2D eigenvalue weighted by Gasteiger charge is 2.55. The van der Waals surface area contributed by atoms with Crippen molar-refractivity contribution < 1.29 is 14.3 Å². The van der Waals surface area contributed by atoms with Gasteiger partial charge < -0.3 is 9.47 Å². The third-order valence-electron chi connectivity index (χ3n) is 3.25. The zero-order chi connectivity index (χ0) is 13.9. The summed E-state index contributed by atoms with van der Waals surface area (Å²) in [5.74, 6) is -0.589. The van der Waals surface area contributed by atoms with E-state index in [2.05, 4.69) is 12.6 Å². The first-order valence-corrected chi connectivity index (χ1v) is 6.10. The maximum Gasteiger partial charge on any atom is 0.333 e. The van der Waals surface area contributed by atoms with Gasteiger partial charge in [-0.25, -0.2) is 4.79 Å². The number of benzene rings is 1. The monoisotopic (exact) mass is 257 g/mol. The van der Waals surface area contributed by atoms with Crippen molar-refractivity contribution >= 4 is 5.97 Å². The molecule has 0 saturated carbocycles. The molecule has 0 aromatic heterocycles. The minimum atomic E-state index is -1.45. The van der Waals surface area contributed by atoms with E-state index in [4.69, 9.17) is 9.47 Å². The molecule has 1 aromatic rings. The quantitative estimate of drug-likeness (QED) is 0.616. The number of nitriles is 1. The molecule has 2 atom stereocenters. The molecular weight excluding hydrogens is 242 g/mol. The summed E-state index contributed by atoms with van der Waals surface area (Å²) in [4.78, 5) is 12.2. The molecule has 1 aromatic carbocycles. The Bertz CT molecular complexity index is 532. The molecule has 19 heavy (non-hydrogen) atoms. The Labute approximate surface area is 112 Å². The summed E-state index contributed by atoms with van der Waals surface area (Å²) in [5, 5.41) is 9.52. The van der Waals surface area contributed by atoms with Crippen LogP contribution in [0.3, 0.4) is 0 Å². The number of rotatable bonds is 3. The van der Waals surface area contributed by atoms with Gasteiger partial charge in [-0.2, -0.15) is 5.26 Å². The number of carbonyl (C=O) groups is 1. The van der Waals surface area contributed by atoms with Gasteiger partial charge in [0.05, 0.1) is 19.3 Å². The molecule has 0 radical (unpaired) electrons. The van der Waals surface area contributed by atoms with Crippen LogP contribution in [0.5, 0.6) is 0 Å². The topological polar surface area (TPSA) is 59.3 Å². The highest BCUT2D eigenvalue weighted by atomic mass is 16.5. The van der Waals surface area contributed by atoms with Crippen LogP contribution < -0.4 is 0 Å². The Kier molecular flexibility index (Phi) is 3.68. The molecule has 4 nitrogen and oxygen atoms in total. The molecule has 0 amide bonds. The van der Waals surface area contributed by atoms with Crippen LogP contribution in [-0.2, 0) is 14.3 Å². The van der Waals surface area contributed by atoms with E-state index in [1.807, 2.05) is 30.3 Å². The molecule has 4 heteroatoms. The van der Waals surface area contributed by atoms with E-state index >= 15 is 0 Å². The third kappa shape index (κ3) is 2.02. The van der Waals surface area contributed by atoms with Crippen molar-refractivity contribution in [1.82, 2.24) is 0 Å². The maximum atomic E-state index is 12.2. The lowest BCUT2D eigenvalue weighted by Gasteiger charge is -2.25. The summed E-state index contributed by atoms with van der Waals surface area (Å²) < 4.78 is 10.6. The molecule has 0 spiro atoms. The number of hydrogen-bond donors (Lipinski definition) is 0. The van der Waals surface area contributed by atoms with Crippen LogP contribution in [0, 0.1) is 16.7 Å². The van der Waals surface area contributed by atoms with E-state index in [1.54, 1.807) is 6.92 Å². The second-order valence-corrected chi connectivity index (χ2v) is 4.35. The minimum absolute atomic E-state index is 0.186. The molecule has 1 fully saturated rings. The van der Waals surface area contributed by atoms with Crippen LogP contribution in [-0.4, -0.2) is 19.2 Å². The Hall–Kier alpha value is -2.12. The number of esters is 1. The molecule has 1 heterocycles. The van der Waals surface area contributed by atoms with Crippen LogP contribution in [0.15, 0.2) is 42.5 Å². The van der Waals surface area contributed by atoms with Crippen molar-refractivity contribution in [2.75, 3.05) is 13.2 Å². The van der Waals surface area contributed by atoms with Gasteiger partial charge in [-0.05, 0) is 18.1 Å². The summed E-state index contributed by atoms with van der Waals surface area (Å²) in [5.41, 5.74) is -0.227. The van der Waals surface area contributed by atoms with Crippen molar-refractivity contribution in [2.24, 2.45) is 5.41 Å².